The van der Waals surface area contributed by atoms with E-state index in [1.54, 1.807) is 48.5 Å². The van der Waals surface area contributed by atoms with Crippen molar-refractivity contribution in [1.82, 2.24) is 5.43 Å². The second-order valence-electron chi connectivity index (χ2n) is 7.42. The number of carboxylic acids is 1. The molecule has 0 radical (unpaired) electrons. The number of carboxylic acid groups (broad SMARTS) is 1. The number of furan rings is 1. The van der Waals surface area contributed by atoms with Gasteiger partial charge in [-0.3, -0.25) is 4.79 Å². The van der Waals surface area contributed by atoms with Gasteiger partial charge in [0, 0.05) is 5.39 Å². The second kappa shape index (κ2) is 10.9. The Balaban J connectivity index is 1.34. The monoisotopic (exact) mass is 536 g/mol. The molecular formula is C26H21BrN2O6. The van der Waals surface area contributed by atoms with Crippen LogP contribution in [0.2, 0.25) is 0 Å². The standard InChI is InChI=1S/C26H21BrN2O6/c1-2-33-20-8-10-22-19(12-20)13-24(35-22)25(30)29-28-14-17-5-9-23(21(27)11-17)34-15-16-3-6-18(7-4-16)26(31)32/h3-14H,2,15H2,1H3,(H,29,30)(H,31,32)/b28-14+. The van der Waals surface area contributed by atoms with E-state index < -0.39 is 11.9 Å². The van der Waals surface area contributed by atoms with Crippen molar-refractivity contribution in [3.63, 3.8) is 0 Å². The van der Waals surface area contributed by atoms with Crippen LogP contribution in [0.25, 0.3) is 11.0 Å². The summed E-state index contributed by atoms with van der Waals surface area (Å²) in [4.78, 5) is 23.3. The smallest absolute Gasteiger partial charge is 0.335 e. The van der Waals surface area contributed by atoms with Crippen molar-refractivity contribution in [2.45, 2.75) is 13.5 Å². The van der Waals surface area contributed by atoms with Crippen LogP contribution in [0.1, 0.15) is 39.0 Å². The number of hydrogen-bond donors (Lipinski definition) is 2. The minimum absolute atomic E-state index is 0.145. The van der Waals surface area contributed by atoms with Gasteiger partial charge in [0.15, 0.2) is 5.76 Å². The molecule has 0 bridgehead atoms. The van der Waals surface area contributed by atoms with Crippen molar-refractivity contribution in [2.24, 2.45) is 5.10 Å². The van der Waals surface area contributed by atoms with E-state index in [1.165, 1.54) is 18.3 Å². The van der Waals surface area contributed by atoms with Gasteiger partial charge in [0.2, 0.25) is 0 Å². The third kappa shape index (κ3) is 6.07. The molecule has 178 valence electrons. The van der Waals surface area contributed by atoms with Gasteiger partial charge in [-0.05, 0) is 88.6 Å². The summed E-state index contributed by atoms with van der Waals surface area (Å²) in [6.45, 7) is 2.74. The highest BCUT2D eigenvalue weighted by Crippen LogP contribution is 2.27. The largest absolute Gasteiger partial charge is 0.494 e. The van der Waals surface area contributed by atoms with Gasteiger partial charge >= 0.3 is 11.9 Å². The quantitative estimate of drug-likeness (QED) is 0.211. The number of hydrogen-bond acceptors (Lipinski definition) is 6. The Morgan fingerprint density at radius 1 is 1.06 bits per heavy atom. The summed E-state index contributed by atoms with van der Waals surface area (Å²) in [7, 11) is 0. The summed E-state index contributed by atoms with van der Waals surface area (Å²) in [6.07, 6.45) is 1.51. The van der Waals surface area contributed by atoms with Crippen molar-refractivity contribution in [2.75, 3.05) is 6.61 Å². The maximum absolute atomic E-state index is 12.4. The molecule has 35 heavy (non-hydrogen) atoms. The zero-order chi connectivity index (χ0) is 24.8. The fraction of sp³-hybridized carbons (Fsp3) is 0.115. The molecule has 0 fully saturated rings. The van der Waals surface area contributed by atoms with E-state index in [0.717, 1.165) is 16.5 Å². The highest BCUT2D eigenvalue weighted by molar-refractivity contribution is 9.10. The second-order valence-corrected chi connectivity index (χ2v) is 8.28. The zero-order valence-electron chi connectivity index (χ0n) is 18.7. The molecule has 3 aromatic carbocycles. The van der Waals surface area contributed by atoms with Crippen LogP contribution in [-0.2, 0) is 6.61 Å². The summed E-state index contributed by atoms with van der Waals surface area (Å²) >= 11 is 3.47. The molecule has 0 spiro atoms. The number of aromatic carboxylic acids is 1. The predicted molar refractivity (Wildman–Crippen MR) is 134 cm³/mol. The molecule has 9 heteroatoms. The first-order valence-corrected chi connectivity index (χ1v) is 11.5. The third-order valence-corrected chi connectivity index (χ3v) is 5.57. The minimum atomic E-state index is -0.970. The van der Waals surface area contributed by atoms with Crippen LogP contribution in [0.4, 0.5) is 0 Å². The van der Waals surface area contributed by atoms with Gasteiger partial charge in [-0.25, -0.2) is 10.2 Å². The van der Waals surface area contributed by atoms with Gasteiger partial charge in [-0.1, -0.05) is 12.1 Å². The van der Waals surface area contributed by atoms with Crippen molar-refractivity contribution < 1.29 is 28.6 Å². The van der Waals surface area contributed by atoms with Crippen LogP contribution in [0.3, 0.4) is 0 Å². The lowest BCUT2D eigenvalue weighted by Crippen LogP contribution is -2.16. The Kier molecular flexibility index (Phi) is 7.47. The first kappa shape index (κ1) is 24.0. The molecule has 2 N–H and O–H groups in total. The molecule has 1 amide bonds. The highest BCUT2D eigenvalue weighted by atomic mass is 79.9. The lowest BCUT2D eigenvalue weighted by molar-refractivity contribution is 0.0696. The number of nitrogens with zero attached hydrogens (tertiary/aromatic N) is 1. The molecule has 0 aliphatic heterocycles. The fourth-order valence-corrected chi connectivity index (χ4v) is 3.74. The molecule has 8 nitrogen and oxygen atoms in total. The summed E-state index contributed by atoms with van der Waals surface area (Å²) in [5.74, 6) is 0.0277. The number of amides is 1. The van der Waals surface area contributed by atoms with E-state index in [0.29, 0.717) is 28.2 Å². The number of rotatable bonds is 9. The van der Waals surface area contributed by atoms with E-state index in [1.807, 2.05) is 13.0 Å². The number of ether oxygens (including phenoxy) is 2. The van der Waals surface area contributed by atoms with E-state index in [-0.39, 0.29) is 17.9 Å². The molecule has 4 rings (SSSR count). The van der Waals surface area contributed by atoms with Gasteiger partial charge in [0.05, 0.1) is 22.9 Å². The zero-order valence-corrected chi connectivity index (χ0v) is 20.2. The number of carbonyl (C=O) groups is 2. The molecule has 0 saturated carbocycles. The normalized spacial score (nSPS) is 11.0. The molecular weight excluding hydrogens is 516 g/mol. The first-order valence-electron chi connectivity index (χ1n) is 10.7. The lowest BCUT2D eigenvalue weighted by atomic mass is 10.1. The van der Waals surface area contributed by atoms with Crippen LogP contribution >= 0.6 is 15.9 Å². The number of carbonyl (C=O) groups excluding carboxylic acids is 1. The Bertz CT molecular complexity index is 1390. The number of nitrogens with one attached hydrogen (secondary N) is 1. The Hall–Kier alpha value is -4.11. The van der Waals surface area contributed by atoms with Gasteiger partial charge in [0.25, 0.3) is 0 Å². The SMILES string of the molecule is CCOc1ccc2oc(C(=O)N/N=C/c3ccc(OCc4ccc(C(=O)O)cc4)c(Br)c3)cc2c1. The summed E-state index contributed by atoms with van der Waals surface area (Å²) < 4.78 is 17.6. The molecule has 1 aromatic heterocycles. The van der Waals surface area contributed by atoms with Crippen LogP contribution in [0, 0.1) is 0 Å². The molecule has 1 heterocycles. The average Bonchev–Trinajstić information content (AvgIpc) is 3.28. The van der Waals surface area contributed by atoms with Gasteiger partial charge in [-0.15, -0.1) is 0 Å². The number of benzene rings is 3. The Labute approximate surface area is 209 Å². The van der Waals surface area contributed by atoms with E-state index in [9.17, 15) is 9.59 Å². The van der Waals surface area contributed by atoms with E-state index in [4.69, 9.17) is 19.0 Å². The summed E-state index contributed by atoms with van der Waals surface area (Å²) in [5.41, 5.74) is 4.85. The van der Waals surface area contributed by atoms with E-state index >= 15 is 0 Å². The Morgan fingerprint density at radius 2 is 1.86 bits per heavy atom. The Morgan fingerprint density at radius 3 is 2.57 bits per heavy atom. The van der Waals surface area contributed by atoms with Crippen LogP contribution in [0.15, 0.2) is 80.7 Å². The van der Waals surface area contributed by atoms with Gasteiger partial charge in [-0.2, -0.15) is 5.10 Å². The molecule has 0 saturated heterocycles. The first-order chi connectivity index (χ1) is 16.9. The molecule has 0 aliphatic rings. The molecule has 0 atom stereocenters. The number of halogens is 1. The fourth-order valence-electron chi connectivity index (χ4n) is 3.23. The number of hydrazone groups is 1. The number of fused-ring (bicyclic) bond motifs is 1. The molecule has 0 unspecified atom stereocenters. The van der Waals surface area contributed by atoms with Crippen molar-refractivity contribution in [3.05, 3.63) is 93.7 Å². The van der Waals surface area contributed by atoms with Gasteiger partial charge in [0.1, 0.15) is 23.7 Å². The van der Waals surface area contributed by atoms with Crippen LogP contribution < -0.4 is 14.9 Å². The highest BCUT2D eigenvalue weighted by Gasteiger charge is 2.12. The van der Waals surface area contributed by atoms with Crippen molar-refractivity contribution in [1.29, 1.82) is 0 Å². The maximum atomic E-state index is 12.4. The third-order valence-electron chi connectivity index (χ3n) is 4.95. The van der Waals surface area contributed by atoms with Gasteiger partial charge < -0.3 is 19.0 Å². The minimum Gasteiger partial charge on any atom is -0.494 e. The van der Waals surface area contributed by atoms with Crippen LogP contribution in [0.5, 0.6) is 11.5 Å². The van der Waals surface area contributed by atoms with Crippen molar-refractivity contribution >= 4 is 45.0 Å². The maximum Gasteiger partial charge on any atom is 0.335 e. The van der Waals surface area contributed by atoms with Crippen molar-refractivity contribution in [3.8, 4) is 11.5 Å². The summed E-state index contributed by atoms with van der Waals surface area (Å²) in [6, 6.07) is 18.8. The molecule has 4 aromatic rings. The lowest BCUT2D eigenvalue weighted by Gasteiger charge is -2.09. The molecule has 0 aliphatic carbocycles. The topological polar surface area (TPSA) is 110 Å². The van der Waals surface area contributed by atoms with Crippen LogP contribution in [-0.4, -0.2) is 29.8 Å². The van der Waals surface area contributed by atoms with E-state index in [2.05, 4.69) is 26.5 Å². The predicted octanol–water partition coefficient (Wildman–Crippen LogP) is 5.64. The average molecular weight is 537 g/mol. The summed E-state index contributed by atoms with van der Waals surface area (Å²) in [5, 5.41) is 13.7.